The van der Waals surface area contributed by atoms with E-state index < -0.39 is 5.82 Å². The number of aryl methyl sites for hydroxylation is 1. The average Bonchev–Trinajstić information content (AvgIpc) is 3.69. The molecule has 3 aromatic rings. The molecule has 0 spiro atoms. The Morgan fingerprint density at radius 2 is 1.77 bits per heavy atom. The Morgan fingerprint density at radius 3 is 2.46 bits per heavy atom. The Hall–Kier alpha value is -4.21. The molecule has 182 valence electrons. The van der Waals surface area contributed by atoms with E-state index in [0.29, 0.717) is 52.3 Å². The topological polar surface area (TPSA) is 117 Å². The maximum Gasteiger partial charge on any atom is 0.255 e. The third-order valence-corrected chi connectivity index (χ3v) is 5.66. The molecule has 0 saturated heterocycles. The van der Waals surface area contributed by atoms with Crippen LogP contribution < -0.4 is 26.0 Å². The van der Waals surface area contributed by atoms with Crippen molar-refractivity contribution in [2.45, 2.75) is 19.8 Å². The molecule has 1 aromatic carbocycles. The third kappa shape index (κ3) is 5.65. The smallest absolute Gasteiger partial charge is 0.255 e. The minimum absolute atomic E-state index is 0.223. The molecule has 10 heteroatoms. The van der Waals surface area contributed by atoms with Gasteiger partial charge in [-0.2, -0.15) is 0 Å². The van der Waals surface area contributed by atoms with Gasteiger partial charge in [-0.25, -0.2) is 14.4 Å². The van der Waals surface area contributed by atoms with Crippen LogP contribution in [0.1, 0.15) is 39.1 Å². The number of hydrogen-bond donors (Lipinski definition) is 4. The zero-order valence-electron chi connectivity index (χ0n) is 19.7. The van der Waals surface area contributed by atoms with Gasteiger partial charge in [0.25, 0.3) is 11.8 Å². The lowest BCUT2D eigenvalue weighted by Crippen LogP contribution is -2.26. The molecular weight excluding hydrogens is 451 g/mol. The molecule has 4 rings (SSSR count). The zero-order chi connectivity index (χ0) is 24.9. The van der Waals surface area contributed by atoms with Gasteiger partial charge in [0.1, 0.15) is 17.5 Å². The monoisotopic (exact) mass is 478 g/mol. The summed E-state index contributed by atoms with van der Waals surface area (Å²) in [6, 6.07) is 8.37. The molecule has 1 fully saturated rings. The van der Waals surface area contributed by atoms with Crippen molar-refractivity contribution in [3.63, 3.8) is 0 Å². The van der Waals surface area contributed by atoms with Crippen molar-refractivity contribution >= 4 is 34.8 Å². The van der Waals surface area contributed by atoms with Gasteiger partial charge >= 0.3 is 0 Å². The van der Waals surface area contributed by atoms with Gasteiger partial charge in [-0.1, -0.05) is 6.07 Å². The van der Waals surface area contributed by atoms with Crippen molar-refractivity contribution in [1.82, 2.24) is 20.6 Å². The molecule has 0 bridgehead atoms. The minimum atomic E-state index is -0.408. The van der Waals surface area contributed by atoms with Crippen molar-refractivity contribution in [2.24, 2.45) is 5.92 Å². The maximum absolute atomic E-state index is 13.6. The number of nitrogens with zero attached hydrogens (tertiary/aromatic N) is 2. The highest BCUT2D eigenvalue weighted by molar-refractivity contribution is 6.02. The van der Waals surface area contributed by atoms with Crippen molar-refractivity contribution in [1.29, 1.82) is 0 Å². The van der Waals surface area contributed by atoms with Crippen LogP contribution in [0.25, 0.3) is 0 Å². The van der Waals surface area contributed by atoms with Crippen LogP contribution in [0.5, 0.6) is 5.75 Å². The van der Waals surface area contributed by atoms with Crippen LogP contribution in [0.15, 0.2) is 42.7 Å². The first-order valence-electron chi connectivity index (χ1n) is 11.2. The number of hydrogen-bond acceptors (Lipinski definition) is 7. The number of halogens is 1. The molecular formula is C25H27FN6O3. The van der Waals surface area contributed by atoms with Crippen LogP contribution in [0.4, 0.5) is 27.4 Å². The number of pyridine rings is 2. The number of methoxy groups -OCH3 is 1. The summed E-state index contributed by atoms with van der Waals surface area (Å²) in [4.78, 5) is 33.6. The molecule has 1 aliphatic carbocycles. The number of rotatable bonds is 9. The average molecular weight is 479 g/mol. The summed E-state index contributed by atoms with van der Waals surface area (Å²) in [6.45, 7) is 2.27. The van der Waals surface area contributed by atoms with Gasteiger partial charge in [0.2, 0.25) is 0 Å². The van der Waals surface area contributed by atoms with Crippen molar-refractivity contribution in [2.75, 3.05) is 31.3 Å². The van der Waals surface area contributed by atoms with Gasteiger partial charge in [-0.05, 0) is 49.4 Å². The zero-order valence-corrected chi connectivity index (χ0v) is 19.7. The lowest BCUT2D eigenvalue weighted by molar-refractivity contribution is 0.0945. The van der Waals surface area contributed by atoms with Crippen LogP contribution in [0, 0.1) is 18.7 Å². The van der Waals surface area contributed by atoms with Crippen LogP contribution in [-0.2, 0) is 0 Å². The van der Waals surface area contributed by atoms with Crippen LogP contribution in [0.3, 0.4) is 0 Å². The van der Waals surface area contributed by atoms with E-state index in [1.807, 2.05) is 0 Å². The lowest BCUT2D eigenvalue weighted by Gasteiger charge is -2.17. The van der Waals surface area contributed by atoms with E-state index >= 15 is 0 Å². The Kier molecular flexibility index (Phi) is 7.09. The Balaban J connectivity index is 1.65. The van der Waals surface area contributed by atoms with E-state index in [1.165, 1.54) is 20.4 Å². The molecule has 1 aliphatic rings. The predicted octanol–water partition coefficient (Wildman–Crippen LogP) is 3.92. The summed E-state index contributed by atoms with van der Waals surface area (Å²) in [5.74, 6) is 0.708. The SMILES string of the molecule is CNC(=O)c1cnc(Nc2cc(C)c(F)cn2)cc1Nc1cccc(C(=O)NCC2CC2)c1OC. The second-order valence-electron chi connectivity index (χ2n) is 8.30. The van der Waals surface area contributed by atoms with E-state index in [9.17, 15) is 14.0 Å². The number of para-hydroxylation sites is 1. The molecule has 0 radical (unpaired) electrons. The quantitative estimate of drug-likeness (QED) is 0.368. The molecule has 9 nitrogen and oxygen atoms in total. The number of carbonyl (C=O) groups excluding carboxylic acids is 2. The van der Waals surface area contributed by atoms with Gasteiger partial charge in [0, 0.05) is 25.9 Å². The van der Waals surface area contributed by atoms with Gasteiger partial charge in [-0.3, -0.25) is 9.59 Å². The fraction of sp³-hybridized carbons (Fsp3) is 0.280. The highest BCUT2D eigenvalue weighted by Crippen LogP contribution is 2.34. The fourth-order valence-corrected chi connectivity index (χ4v) is 3.52. The number of anilines is 4. The number of aromatic nitrogens is 2. The summed E-state index contributed by atoms with van der Waals surface area (Å²) in [5.41, 5.74) is 2.04. The lowest BCUT2D eigenvalue weighted by atomic mass is 10.1. The van der Waals surface area contributed by atoms with Crippen molar-refractivity contribution in [3.8, 4) is 5.75 Å². The van der Waals surface area contributed by atoms with Crippen LogP contribution >= 0.6 is 0 Å². The first-order chi connectivity index (χ1) is 16.9. The fourth-order valence-electron chi connectivity index (χ4n) is 3.52. The molecule has 0 aliphatic heterocycles. The molecule has 2 aromatic heterocycles. The Morgan fingerprint density at radius 1 is 1.03 bits per heavy atom. The number of amides is 2. The standard InChI is InChI=1S/C25H27FN6O3/c1-14-9-21(29-13-18(14)26)32-22-10-20(17(12-28-22)24(33)27-2)31-19-6-4-5-16(23(19)35-3)25(34)30-11-15-7-8-15/h4-6,9-10,12-13,15H,7-8,11H2,1-3H3,(H,27,33)(H,30,34)(H2,28,29,31,32). The second kappa shape index (κ2) is 10.4. The normalized spacial score (nSPS) is 12.6. The first kappa shape index (κ1) is 23.9. The van der Waals surface area contributed by atoms with Gasteiger partial charge in [0.15, 0.2) is 5.75 Å². The summed E-state index contributed by atoms with van der Waals surface area (Å²) in [5, 5.41) is 11.8. The van der Waals surface area contributed by atoms with Gasteiger partial charge < -0.3 is 26.0 Å². The molecule has 4 N–H and O–H groups in total. The Labute approximate surface area is 202 Å². The Bertz CT molecular complexity index is 1260. The van der Waals surface area contributed by atoms with Gasteiger partial charge in [-0.15, -0.1) is 0 Å². The summed E-state index contributed by atoms with van der Waals surface area (Å²) in [7, 11) is 3.01. The van der Waals surface area contributed by atoms with E-state index in [-0.39, 0.29) is 17.4 Å². The maximum atomic E-state index is 13.6. The number of nitrogens with one attached hydrogen (secondary N) is 4. The first-order valence-corrected chi connectivity index (χ1v) is 11.2. The number of carbonyl (C=O) groups is 2. The van der Waals surface area contributed by atoms with E-state index in [1.54, 1.807) is 37.3 Å². The second-order valence-corrected chi connectivity index (χ2v) is 8.30. The van der Waals surface area contributed by atoms with Crippen LogP contribution in [-0.4, -0.2) is 42.5 Å². The molecule has 2 heterocycles. The number of benzene rings is 1. The minimum Gasteiger partial charge on any atom is -0.494 e. The van der Waals surface area contributed by atoms with E-state index in [2.05, 4.69) is 31.2 Å². The van der Waals surface area contributed by atoms with Crippen LogP contribution in [0.2, 0.25) is 0 Å². The van der Waals surface area contributed by atoms with E-state index in [4.69, 9.17) is 4.74 Å². The molecule has 0 atom stereocenters. The number of ether oxygens (including phenoxy) is 1. The third-order valence-electron chi connectivity index (χ3n) is 5.66. The predicted molar refractivity (Wildman–Crippen MR) is 131 cm³/mol. The highest BCUT2D eigenvalue weighted by Gasteiger charge is 2.24. The van der Waals surface area contributed by atoms with E-state index in [0.717, 1.165) is 19.0 Å². The molecule has 0 unspecified atom stereocenters. The van der Waals surface area contributed by atoms with Gasteiger partial charge in [0.05, 0.1) is 35.8 Å². The summed E-state index contributed by atoms with van der Waals surface area (Å²) < 4.78 is 19.1. The molecule has 35 heavy (non-hydrogen) atoms. The molecule has 2 amide bonds. The van der Waals surface area contributed by atoms with Crippen molar-refractivity contribution in [3.05, 3.63) is 65.2 Å². The largest absolute Gasteiger partial charge is 0.494 e. The molecule has 1 saturated carbocycles. The van der Waals surface area contributed by atoms with Crippen molar-refractivity contribution < 1.29 is 18.7 Å². The highest BCUT2D eigenvalue weighted by atomic mass is 19.1. The summed E-state index contributed by atoms with van der Waals surface area (Å²) in [6.07, 6.45) is 4.80. The summed E-state index contributed by atoms with van der Waals surface area (Å²) >= 11 is 0.